The summed E-state index contributed by atoms with van der Waals surface area (Å²) in [5.74, 6) is 0.256. The Morgan fingerprint density at radius 1 is 1.30 bits per heavy atom. The number of nitrogens with zero attached hydrogens (tertiary/aromatic N) is 1. The van der Waals surface area contributed by atoms with Gasteiger partial charge in [-0.3, -0.25) is 9.69 Å². The number of likely N-dealkylation sites (N-methyl/N-ethyl adjacent to an activating group) is 1. The highest BCUT2D eigenvalue weighted by molar-refractivity contribution is 5.99. The third-order valence-electron chi connectivity index (χ3n) is 4.27. The summed E-state index contributed by atoms with van der Waals surface area (Å²) in [7, 11) is 0. The van der Waals surface area contributed by atoms with Crippen molar-refractivity contribution >= 4 is 5.78 Å². The van der Waals surface area contributed by atoms with Crippen molar-refractivity contribution in [1.29, 1.82) is 0 Å². The van der Waals surface area contributed by atoms with Gasteiger partial charge in [0, 0.05) is 11.6 Å². The Labute approximate surface area is 122 Å². The first-order chi connectivity index (χ1) is 9.61. The summed E-state index contributed by atoms with van der Waals surface area (Å²) in [5, 5.41) is 3.38. The summed E-state index contributed by atoms with van der Waals surface area (Å²) >= 11 is 0. The maximum atomic E-state index is 12.6. The van der Waals surface area contributed by atoms with Crippen LogP contribution in [0.4, 0.5) is 0 Å². The first-order valence-corrected chi connectivity index (χ1v) is 7.67. The highest BCUT2D eigenvalue weighted by Gasteiger charge is 2.22. The number of ketones is 1. The van der Waals surface area contributed by atoms with E-state index in [9.17, 15) is 4.79 Å². The summed E-state index contributed by atoms with van der Waals surface area (Å²) in [6, 6.07) is 6.68. The topological polar surface area (TPSA) is 32.3 Å². The van der Waals surface area contributed by atoms with Crippen LogP contribution in [-0.4, -0.2) is 42.9 Å². The molecule has 1 saturated heterocycles. The Balaban J connectivity index is 2.06. The molecule has 1 heterocycles. The van der Waals surface area contributed by atoms with Crippen molar-refractivity contribution in [2.24, 2.45) is 0 Å². The standard InChI is InChI=1S/C17H26N2O/c1-4-19(15-7-9-18-10-8-15)12-17(20)16-11-13(2)5-6-14(16)3/h5-6,11,15,18H,4,7-10,12H2,1-3H3. The molecular formula is C17H26N2O. The lowest BCUT2D eigenvalue weighted by atomic mass is 10.00. The van der Waals surface area contributed by atoms with Gasteiger partial charge in [0.15, 0.2) is 5.78 Å². The number of nitrogens with one attached hydrogen (secondary N) is 1. The molecule has 0 saturated carbocycles. The summed E-state index contributed by atoms with van der Waals surface area (Å²) in [5.41, 5.74) is 3.13. The van der Waals surface area contributed by atoms with E-state index in [0.29, 0.717) is 12.6 Å². The maximum absolute atomic E-state index is 12.6. The average Bonchev–Trinajstić information content (AvgIpc) is 2.48. The molecule has 3 heteroatoms. The van der Waals surface area contributed by atoms with Gasteiger partial charge in [0.05, 0.1) is 6.54 Å². The quantitative estimate of drug-likeness (QED) is 0.838. The molecule has 3 nitrogen and oxygen atoms in total. The molecule has 0 aromatic heterocycles. The Bertz CT molecular complexity index is 464. The number of carbonyl (C=O) groups is 1. The van der Waals surface area contributed by atoms with Crippen LogP contribution in [0, 0.1) is 13.8 Å². The minimum atomic E-state index is 0.256. The number of hydrogen-bond donors (Lipinski definition) is 1. The van der Waals surface area contributed by atoms with Crippen molar-refractivity contribution < 1.29 is 4.79 Å². The van der Waals surface area contributed by atoms with Crippen LogP contribution >= 0.6 is 0 Å². The summed E-state index contributed by atoms with van der Waals surface area (Å²) in [6.45, 7) is 9.84. The number of piperidine rings is 1. The summed E-state index contributed by atoms with van der Waals surface area (Å²) < 4.78 is 0. The Hall–Kier alpha value is -1.19. The van der Waals surface area contributed by atoms with E-state index in [-0.39, 0.29) is 5.78 Å². The van der Waals surface area contributed by atoms with E-state index >= 15 is 0 Å². The molecule has 0 spiro atoms. The normalized spacial score (nSPS) is 16.6. The Kier molecular flexibility index (Phi) is 5.32. The van der Waals surface area contributed by atoms with Crippen LogP contribution in [0.25, 0.3) is 0 Å². The van der Waals surface area contributed by atoms with Gasteiger partial charge in [0.1, 0.15) is 0 Å². The molecule has 0 radical (unpaired) electrons. The lowest BCUT2D eigenvalue weighted by Gasteiger charge is -2.33. The third kappa shape index (κ3) is 3.68. The second-order valence-electron chi connectivity index (χ2n) is 5.79. The minimum absolute atomic E-state index is 0.256. The van der Waals surface area contributed by atoms with Crippen LogP contribution in [-0.2, 0) is 0 Å². The minimum Gasteiger partial charge on any atom is -0.317 e. The molecule has 0 atom stereocenters. The molecule has 110 valence electrons. The van der Waals surface area contributed by atoms with Gasteiger partial charge < -0.3 is 5.32 Å². The first kappa shape index (κ1) is 15.2. The molecule has 1 aliphatic heterocycles. The predicted octanol–water partition coefficient (Wildman–Crippen LogP) is 2.56. The van der Waals surface area contributed by atoms with Crippen molar-refractivity contribution in [2.75, 3.05) is 26.2 Å². The summed E-state index contributed by atoms with van der Waals surface area (Å²) in [6.07, 6.45) is 2.29. The largest absolute Gasteiger partial charge is 0.317 e. The molecular weight excluding hydrogens is 248 g/mol. The monoisotopic (exact) mass is 274 g/mol. The van der Waals surface area contributed by atoms with Crippen LogP contribution < -0.4 is 5.32 Å². The second-order valence-corrected chi connectivity index (χ2v) is 5.79. The van der Waals surface area contributed by atoms with Gasteiger partial charge in [-0.1, -0.05) is 24.6 Å². The second kappa shape index (κ2) is 7.00. The van der Waals surface area contributed by atoms with E-state index in [1.165, 1.54) is 0 Å². The van der Waals surface area contributed by atoms with E-state index in [1.807, 2.05) is 26.0 Å². The number of hydrogen-bond acceptors (Lipinski definition) is 3. The van der Waals surface area contributed by atoms with Gasteiger partial charge in [-0.15, -0.1) is 0 Å². The lowest BCUT2D eigenvalue weighted by Crippen LogP contribution is -2.45. The van der Waals surface area contributed by atoms with Gasteiger partial charge in [0.25, 0.3) is 0 Å². The average molecular weight is 274 g/mol. The summed E-state index contributed by atoms with van der Waals surface area (Å²) in [4.78, 5) is 14.9. The molecule has 0 bridgehead atoms. The van der Waals surface area contributed by atoms with E-state index < -0.39 is 0 Å². The van der Waals surface area contributed by atoms with Crippen LogP contribution in [0.5, 0.6) is 0 Å². The molecule has 1 aromatic rings. The molecule has 1 N–H and O–H groups in total. The van der Waals surface area contributed by atoms with E-state index in [2.05, 4.69) is 23.2 Å². The molecule has 20 heavy (non-hydrogen) atoms. The van der Waals surface area contributed by atoms with Gasteiger partial charge in [-0.05, 0) is 58.0 Å². The number of Topliss-reactive ketones (excluding diaryl/α,β-unsaturated/α-hetero) is 1. The van der Waals surface area contributed by atoms with Crippen molar-refractivity contribution in [1.82, 2.24) is 10.2 Å². The molecule has 2 rings (SSSR count). The van der Waals surface area contributed by atoms with Crippen molar-refractivity contribution in [2.45, 2.75) is 39.7 Å². The van der Waals surface area contributed by atoms with Gasteiger partial charge in [-0.2, -0.15) is 0 Å². The highest BCUT2D eigenvalue weighted by Crippen LogP contribution is 2.15. The van der Waals surface area contributed by atoms with Crippen LogP contribution in [0.1, 0.15) is 41.3 Å². The fraction of sp³-hybridized carbons (Fsp3) is 0.588. The van der Waals surface area contributed by atoms with Gasteiger partial charge in [0.2, 0.25) is 0 Å². The fourth-order valence-corrected chi connectivity index (χ4v) is 2.98. The number of aryl methyl sites for hydroxylation is 2. The highest BCUT2D eigenvalue weighted by atomic mass is 16.1. The molecule has 0 aliphatic carbocycles. The van der Waals surface area contributed by atoms with Crippen LogP contribution in [0.3, 0.4) is 0 Å². The molecule has 1 aromatic carbocycles. The smallest absolute Gasteiger partial charge is 0.177 e. The van der Waals surface area contributed by atoms with Gasteiger partial charge >= 0.3 is 0 Å². The van der Waals surface area contributed by atoms with Gasteiger partial charge in [-0.25, -0.2) is 0 Å². The van der Waals surface area contributed by atoms with E-state index in [1.54, 1.807) is 0 Å². The number of rotatable bonds is 5. The van der Waals surface area contributed by atoms with E-state index in [4.69, 9.17) is 0 Å². The fourth-order valence-electron chi connectivity index (χ4n) is 2.98. The molecule has 1 fully saturated rings. The first-order valence-electron chi connectivity index (χ1n) is 7.67. The van der Waals surface area contributed by atoms with Crippen molar-refractivity contribution in [3.63, 3.8) is 0 Å². The van der Waals surface area contributed by atoms with Crippen LogP contribution in [0.15, 0.2) is 18.2 Å². The number of carbonyl (C=O) groups excluding carboxylic acids is 1. The Morgan fingerprint density at radius 2 is 2.00 bits per heavy atom. The zero-order valence-electron chi connectivity index (χ0n) is 12.9. The molecule has 0 amide bonds. The maximum Gasteiger partial charge on any atom is 0.177 e. The van der Waals surface area contributed by atoms with E-state index in [0.717, 1.165) is 49.2 Å². The Morgan fingerprint density at radius 3 is 2.65 bits per heavy atom. The number of benzene rings is 1. The zero-order valence-corrected chi connectivity index (χ0v) is 12.9. The predicted molar refractivity (Wildman–Crippen MR) is 83.4 cm³/mol. The SMILES string of the molecule is CCN(CC(=O)c1cc(C)ccc1C)C1CCNCC1. The van der Waals surface area contributed by atoms with Crippen LogP contribution in [0.2, 0.25) is 0 Å². The zero-order chi connectivity index (χ0) is 14.5. The molecule has 0 unspecified atom stereocenters. The van der Waals surface area contributed by atoms with Crippen molar-refractivity contribution in [3.8, 4) is 0 Å². The molecule has 1 aliphatic rings. The lowest BCUT2D eigenvalue weighted by molar-refractivity contribution is 0.0873. The van der Waals surface area contributed by atoms with Crippen molar-refractivity contribution in [3.05, 3.63) is 34.9 Å². The third-order valence-corrected chi connectivity index (χ3v) is 4.27.